The van der Waals surface area contributed by atoms with Crippen LogP contribution in [0.2, 0.25) is 0 Å². The summed E-state index contributed by atoms with van der Waals surface area (Å²) in [6.07, 6.45) is -4.33. The summed E-state index contributed by atoms with van der Waals surface area (Å²) in [7, 11) is -2.43. The molecule has 1 aliphatic rings. The quantitative estimate of drug-likeness (QED) is 0.447. The summed E-state index contributed by atoms with van der Waals surface area (Å²) in [4.78, 5) is 2.00. The topological polar surface area (TPSA) is 59.1 Å². The van der Waals surface area contributed by atoms with Gasteiger partial charge >= 0.3 is 6.36 Å². The highest BCUT2D eigenvalue weighted by atomic mass is 32.2. The summed E-state index contributed by atoms with van der Waals surface area (Å²) in [6.45, 7) is 1.19. The van der Waals surface area contributed by atoms with E-state index < -0.39 is 22.1 Å². The van der Waals surface area contributed by atoms with E-state index in [9.17, 15) is 21.6 Å². The molecule has 0 N–H and O–H groups in total. The third kappa shape index (κ3) is 5.28. The van der Waals surface area contributed by atoms with Gasteiger partial charge < -0.3 is 14.4 Å². The minimum absolute atomic E-state index is 0.108. The number of alkyl halides is 3. The first kappa shape index (κ1) is 23.9. The molecule has 1 heterocycles. The highest BCUT2D eigenvalue weighted by Crippen LogP contribution is 2.39. The van der Waals surface area contributed by atoms with Crippen LogP contribution in [0.25, 0.3) is 0 Å². The number of para-hydroxylation sites is 3. The molecule has 0 saturated carbocycles. The first-order chi connectivity index (χ1) is 16.1. The minimum Gasteiger partial charge on any atom is -0.487 e. The maximum absolute atomic E-state index is 12.9. The molecule has 0 atom stereocenters. The van der Waals surface area contributed by atoms with Crippen molar-refractivity contribution >= 4 is 21.4 Å². The Morgan fingerprint density at radius 1 is 0.971 bits per heavy atom. The van der Waals surface area contributed by atoms with E-state index in [2.05, 4.69) is 9.64 Å². The average Bonchev–Trinajstić information content (AvgIpc) is 2.95. The largest absolute Gasteiger partial charge is 0.573 e. The van der Waals surface area contributed by atoms with Crippen molar-refractivity contribution < 1.29 is 31.1 Å². The van der Waals surface area contributed by atoms with Crippen molar-refractivity contribution in [1.82, 2.24) is 4.31 Å². The van der Waals surface area contributed by atoms with E-state index >= 15 is 0 Å². The molecule has 0 spiro atoms. The van der Waals surface area contributed by atoms with Crippen molar-refractivity contribution in [1.29, 1.82) is 0 Å². The summed E-state index contributed by atoms with van der Waals surface area (Å²) >= 11 is 0. The van der Waals surface area contributed by atoms with E-state index in [4.69, 9.17) is 4.74 Å². The molecule has 34 heavy (non-hydrogen) atoms. The first-order valence-electron chi connectivity index (χ1n) is 10.5. The number of nitrogens with zero attached hydrogens (tertiary/aromatic N) is 2. The van der Waals surface area contributed by atoms with Gasteiger partial charge in [-0.15, -0.1) is 13.2 Å². The van der Waals surface area contributed by atoms with Crippen LogP contribution in [0.4, 0.5) is 24.5 Å². The van der Waals surface area contributed by atoms with Crippen molar-refractivity contribution in [2.24, 2.45) is 0 Å². The van der Waals surface area contributed by atoms with Gasteiger partial charge in [-0.1, -0.05) is 30.3 Å². The Kier molecular flexibility index (Phi) is 6.72. The molecule has 0 unspecified atom stereocenters. The number of anilines is 2. The maximum Gasteiger partial charge on any atom is 0.573 e. The zero-order chi connectivity index (χ0) is 24.3. The third-order valence-electron chi connectivity index (χ3n) is 5.44. The van der Waals surface area contributed by atoms with Crippen LogP contribution >= 0.6 is 0 Å². The van der Waals surface area contributed by atoms with E-state index in [0.717, 1.165) is 47.0 Å². The Bertz CT molecular complexity index is 1200. The van der Waals surface area contributed by atoms with E-state index in [1.807, 2.05) is 48.5 Å². The lowest BCUT2D eigenvalue weighted by molar-refractivity contribution is -0.274. The SMILES string of the molecule is CN(CCCN1c2ccccc2COc2ccccc21)S(=O)(=O)c1ccc(OC(F)(F)F)cc1. The summed E-state index contributed by atoms with van der Waals surface area (Å²) in [5, 5.41) is 0. The van der Waals surface area contributed by atoms with Crippen LogP contribution < -0.4 is 14.4 Å². The molecule has 0 fully saturated rings. The summed E-state index contributed by atoms with van der Waals surface area (Å²) in [5.74, 6) is 0.274. The molecule has 180 valence electrons. The van der Waals surface area contributed by atoms with Gasteiger partial charge in [0.1, 0.15) is 18.1 Å². The number of halogens is 3. The molecule has 4 rings (SSSR count). The number of benzene rings is 3. The first-order valence-corrected chi connectivity index (χ1v) is 12.0. The van der Waals surface area contributed by atoms with Crippen LogP contribution in [0.1, 0.15) is 12.0 Å². The predicted molar refractivity (Wildman–Crippen MR) is 122 cm³/mol. The highest BCUT2D eigenvalue weighted by Gasteiger charge is 2.31. The lowest BCUT2D eigenvalue weighted by Crippen LogP contribution is -2.30. The Morgan fingerprint density at radius 2 is 1.62 bits per heavy atom. The zero-order valence-corrected chi connectivity index (χ0v) is 19.1. The fourth-order valence-corrected chi connectivity index (χ4v) is 5.00. The van der Waals surface area contributed by atoms with Gasteiger partial charge in [0.25, 0.3) is 0 Å². The molecule has 0 bridgehead atoms. The van der Waals surface area contributed by atoms with Gasteiger partial charge in [0.15, 0.2) is 0 Å². The van der Waals surface area contributed by atoms with Gasteiger partial charge in [-0.3, -0.25) is 0 Å². The Morgan fingerprint density at radius 3 is 2.32 bits per heavy atom. The molecule has 3 aromatic carbocycles. The van der Waals surface area contributed by atoms with Crippen molar-refractivity contribution in [3.05, 3.63) is 78.4 Å². The molecule has 3 aromatic rings. The Labute approximate surface area is 196 Å². The third-order valence-corrected chi connectivity index (χ3v) is 7.31. The summed E-state index contributed by atoms with van der Waals surface area (Å²) < 4.78 is 73.8. The molecule has 6 nitrogen and oxygen atoms in total. The smallest absolute Gasteiger partial charge is 0.487 e. The molecular formula is C24H23F3N2O4S. The van der Waals surface area contributed by atoms with Crippen LogP contribution in [0.3, 0.4) is 0 Å². The highest BCUT2D eigenvalue weighted by molar-refractivity contribution is 7.89. The fourth-order valence-electron chi connectivity index (χ4n) is 3.79. The zero-order valence-electron chi connectivity index (χ0n) is 18.3. The van der Waals surface area contributed by atoms with E-state index in [1.54, 1.807) is 0 Å². The predicted octanol–water partition coefficient (Wildman–Crippen LogP) is 5.33. The second-order valence-electron chi connectivity index (χ2n) is 7.74. The second kappa shape index (κ2) is 9.55. The number of hydrogen-bond donors (Lipinski definition) is 0. The van der Waals surface area contributed by atoms with Crippen molar-refractivity contribution in [2.45, 2.75) is 24.3 Å². The number of fused-ring (bicyclic) bond motifs is 2. The van der Waals surface area contributed by atoms with Crippen molar-refractivity contribution in [3.63, 3.8) is 0 Å². The summed E-state index contributed by atoms with van der Waals surface area (Å²) in [6, 6.07) is 19.8. The Hall–Kier alpha value is -3.24. The number of ether oxygens (including phenoxy) is 2. The molecule has 0 amide bonds. The van der Waals surface area contributed by atoms with Crippen LogP contribution in [-0.2, 0) is 16.6 Å². The summed E-state index contributed by atoms with van der Waals surface area (Å²) in [5.41, 5.74) is 2.93. The van der Waals surface area contributed by atoms with Gasteiger partial charge in [-0.2, -0.15) is 0 Å². The molecule has 0 saturated heterocycles. The van der Waals surface area contributed by atoms with Crippen molar-refractivity contribution in [3.8, 4) is 11.5 Å². The number of rotatable bonds is 7. The molecular weight excluding hydrogens is 469 g/mol. The maximum atomic E-state index is 12.9. The van der Waals surface area contributed by atoms with Gasteiger partial charge in [-0.05, 0) is 48.9 Å². The molecule has 0 radical (unpaired) electrons. The van der Waals surface area contributed by atoms with Crippen LogP contribution in [0.5, 0.6) is 11.5 Å². The molecule has 1 aliphatic heterocycles. The van der Waals surface area contributed by atoms with Crippen LogP contribution in [0.15, 0.2) is 77.7 Å². The normalized spacial score (nSPS) is 13.6. The minimum atomic E-state index is -4.84. The molecule has 0 aliphatic carbocycles. The number of hydrogen-bond acceptors (Lipinski definition) is 5. The fraction of sp³-hybridized carbons (Fsp3) is 0.250. The van der Waals surface area contributed by atoms with Crippen molar-refractivity contribution in [2.75, 3.05) is 25.0 Å². The lowest BCUT2D eigenvalue weighted by Gasteiger charge is -2.26. The van der Waals surface area contributed by atoms with E-state index in [0.29, 0.717) is 19.6 Å². The van der Waals surface area contributed by atoms with E-state index in [-0.39, 0.29) is 11.4 Å². The monoisotopic (exact) mass is 492 g/mol. The second-order valence-corrected chi connectivity index (χ2v) is 9.78. The van der Waals surface area contributed by atoms with Gasteiger partial charge in [0.2, 0.25) is 10.0 Å². The van der Waals surface area contributed by atoms with Gasteiger partial charge in [0.05, 0.1) is 10.6 Å². The van der Waals surface area contributed by atoms with Crippen LogP contribution in [-0.4, -0.2) is 39.2 Å². The molecule has 10 heteroatoms. The van der Waals surface area contributed by atoms with Crippen LogP contribution in [0, 0.1) is 0 Å². The molecule has 0 aromatic heterocycles. The van der Waals surface area contributed by atoms with Gasteiger partial charge in [0, 0.05) is 31.4 Å². The average molecular weight is 493 g/mol. The lowest BCUT2D eigenvalue weighted by atomic mass is 10.1. The van der Waals surface area contributed by atoms with E-state index in [1.165, 1.54) is 11.4 Å². The number of sulfonamides is 1. The Balaban J connectivity index is 1.46. The van der Waals surface area contributed by atoms with Gasteiger partial charge in [-0.25, -0.2) is 12.7 Å². The standard InChI is InChI=1S/C24H23F3N2O4S/c1-28(34(30,31)20-13-11-19(12-14-20)33-24(25,26)27)15-6-16-29-21-8-3-2-7-18(21)17-32-23-10-5-4-9-22(23)29/h2-5,7-14H,6,15-17H2,1H3.